The summed E-state index contributed by atoms with van der Waals surface area (Å²) in [5.74, 6) is 2.29. The molecule has 0 amide bonds. The molecule has 3 aromatic rings. The SMILES string of the molecule is COc1cccc(N2CC[C@@H](CNc3ncnc4nc[nH]c34)C2)c1. The number of nitrogens with zero attached hydrogens (tertiary/aromatic N) is 4. The molecule has 7 nitrogen and oxygen atoms in total. The molecule has 0 spiro atoms. The van der Waals surface area contributed by atoms with Gasteiger partial charge in [0.05, 0.1) is 13.4 Å². The van der Waals surface area contributed by atoms with Gasteiger partial charge in [0.2, 0.25) is 0 Å². The molecule has 1 aromatic carbocycles. The van der Waals surface area contributed by atoms with Gasteiger partial charge in [-0.25, -0.2) is 15.0 Å². The Labute approximate surface area is 140 Å². The van der Waals surface area contributed by atoms with Gasteiger partial charge in [-0.15, -0.1) is 0 Å². The summed E-state index contributed by atoms with van der Waals surface area (Å²) in [7, 11) is 1.70. The summed E-state index contributed by atoms with van der Waals surface area (Å²) in [6.07, 6.45) is 4.34. The molecule has 3 heterocycles. The van der Waals surface area contributed by atoms with E-state index in [1.165, 1.54) is 5.69 Å². The Bertz CT molecular complexity index is 833. The Hall–Kier alpha value is -2.83. The number of methoxy groups -OCH3 is 1. The lowest BCUT2D eigenvalue weighted by Crippen LogP contribution is -2.22. The Morgan fingerprint density at radius 1 is 1.33 bits per heavy atom. The smallest absolute Gasteiger partial charge is 0.182 e. The minimum atomic E-state index is 0.573. The summed E-state index contributed by atoms with van der Waals surface area (Å²) in [6, 6.07) is 8.24. The number of rotatable bonds is 5. The number of fused-ring (bicyclic) bond motifs is 1. The number of anilines is 2. The van der Waals surface area contributed by atoms with E-state index in [0.29, 0.717) is 11.6 Å². The first-order valence-electron chi connectivity index (χ1n) is 8.10. The van der Waals surface area contributed by atoms with Crippen molar-refractivity contribution in [2.45, 2.75) is 6.42 Å². The van der Waals surface area contributed by atoms with Crippen LogP contribution in [0.4, 0.5) is 11.5 Å². The zero-order valence-electron chi connectivity index (χ0n) is 13.6. The fourth-order valence-corrected chi connectivity index (χ4v) is 3.18. The number of aromatic nitrogens is 4. The third-order valence-corrected chi connectivity index (χ3v) is 4.49. The highest BCUT2D eigenvalue weighted by molar-refractivity contribution is 5.81. The van der Waals surface area contributed by atoms with Crippen LogP contribution in [0.3, 0.4) is 0 Å². The summed E-state index contributed by atoms with van der Waals surface area (Å²) in [4.78, 5) is 18.1. The number of ether oxygens (including phenoxy) is 1. The van der Waals surface area contributed by atoms with Crippen LogP contribution in [-0.2, 0) is 0 Å². The topological polar surface area (TPSA) is 79.0 Å². The minimum Gasteiger partial charge on any atom is -0.497 e. The molecule has 0 unspecified atom stereocenters. The molecule has 1 fully saturated rings. The highest BCUT2D eigenvalue weighted by Gasteiger charge is 2.23. The zero-order valence-corrected chi connectivity index (χ0v) is 13.6. The number of H-pyrrole nitrogens is 1. The lowest BCUT2D eigenvalue weighted by atomic mass is 10.1. The summed E-state index contributed by atoms with van der Waals surface area (Å²) in [5, 5.41) is 3.44. The highest BCUT2D eigenvalue weighted by atomic mass is 16.5. The second kappa shape index (κ2) is 6.35. The van der Waals surface area contributed by atoms with Crippen molar-refractivity contribution in [2.24, 2.45) is 5.92 Å². The van der Waals surface area contributed by atoms with Crippen molar-refractivity contribution in [3.8, 4) is 5.75 Å². The fourth-order valence-electron chi connectivity index (χ4n) is 3.18. The maximum absolute atomic E-state index is 5.32. The molecule has 1 atom stereocenters. The molecular formula is C17H20N6O. The van der Waals surface area contributed by atoms with Gasteiger partial charge in [-0.3, -0.25) is 0 Å². The number of benzene rings is 1. The quantitative estimate of drug-likeness (QED) is 0.750. The third kappa shape index (κ3) is 2.84. The zero-order chi connectivity index (χ0) is 16.4. The van der Waals surface area contributed by atoms with E-state index in [0.717, 1.165) is 43.1 Å². The molecule has 4 rings (SSSR count). The Morgan fingerprint density at radius 2 is 2.29 bits per heavy atom. The van der Waals surface area contributed by atoms with Gasteiger partial charge < -0.3 is 19.9 Å². The predicted octanol–water partition coefficient (Wildman–Crippen LogP) is 2.30. The number of aromatic amines is 1. The minimum absolute atomic E-state index is 0.573. The van der Waals surface area contributed by atoms with Gasteiger partial charge >= 0.3 is 0 Å². The maximum Gasteiger partial charge on any atom is 0.182 e. The first-order chi connectivity index (χ1) is 11.8. The molecule has 0 radical (unpaired) electrons. The van der Waals surface area contributed by atoms with E-state index >= 15 is 0 Å². The molecule has 1 aliphatic rings. The van der Waals surface area contributed by atoms with Crippen molar-refractivity contribution in [2.75, 3.05) is 37.0 Å². The Balaban J connectivity index is 1.39. The lowest BCUT2D eigenvalue weighted by Gasteiger charge is -2.19. The van der Waals surface area contributed by atoms with Crippen LogP contribution in [0, 0.1) is 5.92 Å². The van der Waals surface area contributed by atoms with Crippen molar-refractivity contribution in [1.29, 1.82) is 0 Å². The van der Waals surface area contributed by atoms with Crippen LogP contribution in [0.2, 0.25) is 0 Å². The highest BCUT2D eigenvalue weighted by Crippen LogP contribution is 2.27. The standard InChI is InChI=1S/C17H20N6O/c1-24-14-4-2-3-13(7-14)23-6-5-12(9-23)8-18-16-15-17(20-10-19-15)22-11-21-16/h2-4,7,10-12H,5-6,8-9H2,1H3,(H2,18,19,20,21,22)/t12-/m0/s1. The van der Waals surface area contributed by atoms with Gasteiger partial charge in [-0.1, -0.05) is 6.07 Å². The van der Waals surface area contributed by atoms with Crippen LogP contribution < -0.4 is 15.0 Å². The van der Waals surface area contributed by atoms with Crippen LogP contribution in [-0.4, -0.2) is 46.7 Å². The predicted molar refractivity (Wildman–Crippen MR) is 93.5 cm³/mol. The van der Waals surface area contributed by atoms with E-state index in [-0.39, 0.29) is 0 Å². The van der Waals surface area contributed by atoms with Crippen LogP contribution in [0.25, 0.3) is 11.2 Å². The van der Waals surface area contributed by atoms with E-state index in [1.54, 1.807) is 19.8 Å². The van der Waals surface area contributed by atoms with E-state index in [2.05, 4.69) is 42.3 Å². The Morgan fingerprint density at radius 3 is 3.21 bits per heavy atom. The average Bonchev–Trinajstić information content (AvgIpc) is 3.29. The van der Waals surface area contributed by atoms with Gasteiger partial charge in [0, 0.05) is 31.4 Å². The van der Waals surface area contributed by atoms with E-state index in [1.807, 2.05) is 12.1 Å². The fraction of sp³-hybridized carbons (Fsp3) is 0.353. The second-order valence-corrected chi connectivity index (χ2v) is 6.01. The summed E-state index contributed by atoms with van der Waals surface area (Å²) in [5.41, 5.74) is 2.77. The first-order valence-corrected chi connectivity index (χ1v) is 8.10. The van der Waals surface area contributed by atoms with E-state index < -0.39 is 0 Å². The largest absolute Gasteiger partial charge is 0.497 e. The normalized spacial score (nSPS) is 17.4. The number of nitrogens with one attached hydrogen (secondary N) is 2. The molecule has 7 heteroatoms. The average molecular weight is 324 g/mol. The van der Waals surface area contributed by atoms with Gasteiger partial charge in [-0.2, -0.15) is 0 Å². The number of hydrogen-bond donors (Lipinski definition) is 2. The molecular weight excluding hydrogens is 304 g/mol. The van der Waals surface area contributed by atoms with Gasteiger partial charge in [0.25, 0.3) is 0 Å². The molecule has 0 bridgehead atoms. The second-order valence-electron chi connectivity index (χ2n) is 6.01. The molecule has 24 heavy (non-hydrogen) atoms. The molecule has 0 aliphatic carbocycles. The molecule has 1 aliphatic heterocycles. The summed E-state index contributed by atoms with van der Waals surface area (Å²) >= 11 is 0. The summed E-state index contributed by atoms with van der Waals surface area (Å²) in [6.45, 7) is 2.96. The van der Waals surface area contributed by atoms with Crippen LogP contribution in [0.1, 0.15) is 6.42 Å². The summed E-state index contributed by atoms with van der Waals surface area (Å²) < 4.78 is 5.32. The van der Waals surface area contributed by atoms with Crippen LogP contribution in [0.15, 0.2) is 36.9 Å². The van der Waals surface area contributed by atoms with Crippen molar-refractivity contribution >= 4 is 22.7 Å². The molecule has 124 valence electrons. The molecule has 0 saturated carbocycles. The van der Waals surface area contributed by atoms with Gasteiger partial charge in [-0.05, 0) is 24.5 Å². The van der Waals surface area contributed by atoms with Crippen LogP contribution in [0.5, 0.6) is 5.75 Å². The monoisotopic (exact) mass is 324 g/mol. The Kier molecular flexibility index (Phi) is 3.90. The number of imidazole rings is 1. The van der Waals surface area contributed by atoms with Crippen LogP contribution >= 0.6 is 0 Å². The molecule has 2 N–H and O–H groups in total. The molecule has 1 saturated heterocycles. The van der Waals surface area contributed by atoms with Gasteiger partial charge in [0.15, 0.2) is 11.5 Å². The maximum atomic E-state index is 5.32. The van der Waals surface area contributed by atoms with E-state index in [9.17, 15) is 0 Å². The van der Waals surface area contributed by atoms with E-state index in [4.69, 9.17) is 4.74 Å². The van der Waals surface area contributed by atoms with Crippen molar-refractivity contribution < 1.29 is 4.74 Å². The van der Waals surface area contributed by atoms with Crippen molar-refractivity contribution in [3.05, 3.63) is 36.9 Å². The third-order valence-electron chi connectivity index (χ3n) is 4.49. The number of hydrogen-bond acceptors (Lipinski definition) is 6. The van der Waals surface area contributed by atoms with Gasteiger partial charge in [0.1, 0.15) is 17.6 Å². The van der Waals surface area contributed by atoms with Crippen molar-refractivity contribution in [1.82, 2.24) is 19.9 Å². The lowest BCUT2D eigenvalue weighted by molar-refractivity contribution is 0.415. The van der Waals surface area contributed by atoms with Crippen molar-refractivity contribution in [3.63, 3.8) is 0 Å². The molecule has 2 aromatic heterocycles. The first kappa shape index (κ1) is 14.7.